The van der Waals surface area contributed by atoms with Crippen molar-refractivity contribution in [2.24, 2.45) is 0 Å². The molecule has 0 radical (unpaired) electrons. The van der Waals surface area contributed by atoms with E-state index >= 15 is 0 Å². The van der Waals surface area contributed by atoms with Crippen molar-refractivity contribution in [1.29, 1.82) is 0 Å². The van der Waals surface area contributed by atoms with Crippen LogP contribution in [0.25, 0.3) is 0 Å². The molecule has 1 heterocycles. The number of carbonyl (C=O) groups is 4. The maximum absolute atomic E-state index is 11.9. The molecule has 0 N–H and O–H groups in total. The van der Waals surface area contributed by atoms with Crippen molar-refractivity contribution < 1.29 is 56.8 Å². The number of ether oxygens (including phenoxy) is 5. The van der Waals surface area contributed by atoms with Gasteiger partial charge in [-0.3, -0.25) is 0 Å². The Hall–Kier alpha value is -2.22. The quantitative estimate of drug-likeness (QED) is 0.258. The van der Waals surface area contributed by atoms with E-state index < -0.39 is 55.6 Å². The van der Waals surface area contributed by atoms with Crippen LogP contribution in [0.1, 0.15) is 0 Å². The van der Waals surface area contributed by atoms with Gasteiger partial charge in [-0.1, -0.05) is 0 Å². The van der Waals surface area contributed by atoms with E-state index in [0.29, 0.717) is 0 Å². The van der Waals surface area contributed by atoms with Crippen molar-refractivity contribution in [2.45, 2.75) is 24.4 Å². The molecule has 1 fully saturated rings. The van der Waals surface area contributed by atoms with Crippen LogP contribution in [0, 0.1) is 0 Å². The highest BCUT2D eigenvalue weighted by atomic mass is 16.8. The van der Waals surface area contributed by atoms with Gasteiger partial charge >= 0.3 is 31.2 Å². The van der Waals surface area contributed by atoms with Crippen molar-refractivity contribution in [2.75, 3.05) is 35.5 Å². The van der Waals surface area contributed by atoms with Crippen LogP contribution < -0.4 is 0 Å². The van der Waals surface area contributed by atoms with Gasteiger partial charge in [-0.15, -0.1) is 0 Å². The van der Waals surface area contributed by atoms with Crippen LogP contribution in [0.4, 0.5) is 0 Å². The molecule has 0 aromatic rings. The molecule has 0 saturated carbocycles. The largest absolute Gasteiger partial charge is 0.641 e. The summed E-state index contributed by atoms with van der Waals surface area (Å²) < 4.78 is 38.5. The van der Waals surface area contributed by atoms with Crippen molar-refractivity contribution in [3.8, 4) is 0 Å². The summed E-state index contributed by atoms with van der Waals surface area (Å²) in [5.74, 6) is -3.81. The first kappa shape index (κ1) is 21.8. The van der Waals surface area contributed by atoms with Gasteiger partial charge < -0.3 is 37.6 Å². The lowest BCUT2D eigenvalue weighted by molar-refractivity contribution is -0.172. The standard InChI is InChI=1S/C13H19BO12/c1-19-6(10(15)20-2)7(11(16)21-3)24-14-25-8(12(17)22-4)9(26-14)13(18)23-5/h6-9H,1-5H3. The van der Waals surface area contributed by atoms with Gasteiger partial charge in [-0.2, -0.15) is 0 Å². The van der Waals surface area contributed by atoms with E-state index in [9.17, 15) is 19.2 Å². The summed E-state index contributed by atoms with van der Waals surface area (Å²) in [4.78, 5) is 47.1. The maximum atomic E-state index is 11.9. The summed E-state index contributed by atoms with van der Waals surface area (Å²) in [7, 11) is 3.70. The summed E-state index contributed by atoms with van der Waals surface area (Å²) >= 11 is 0. The highest BCUT2D eigenvalue weighted by Gasteiger charge is 2.53. The molecule has 1 rings (SSSR count). The van der Waals surface area contributed by atoms with E-state index in [1.807, 2.05) is 0 Å². The first-order valence-corrected chi connectivity index (χ1v) is 7.15. The number of methoxy groups -OCH3 is 5. The van der Waals surface area contributed by atoms with E-state index in [-0.39, 0.29) is 0 Å². The Kier molecular flexibility index (Phi) is 8.45. The van der Waals surface area contributed by atoms with Crippen LogP contribution >= 0.6 is 0 Å². The molecule has 0 amide bonds. The first-order valence-electron chi connectivity index (χ1n) is 7.15. The zero-order valence-electron chi connectivity index (χ0n) is 14.8. The highest BCUT2D eigenvalue weighted by molar-refractivity contribution is 6.39. The third-order valence-electron chi connectivity index (χ3n) is 3.31. The Morgan fingerprint density at radius 1 is 0.731 bits per heavy atom. The number of esters is 4. The van der Waals surface area contributed by atoms with Gasteiger partial charge in [0.1, 0.15) is 0 Å². The minimum Gasteiger partial charge on any atom is -0.467 e. The van der Waals surface area contributed by atoms with Crippen molar-refractivity contribution in [3.05, 3.63) is 0 Å². The maximum Gasteiger partial charge on any atom is 0.641 e. The lowest BCUT2D eigenvalue weighted by atomic mass is 10.1. The van der Waals surface area contributed by atoms with Crippen LogP contribution in [0.15, 0.2) is 0 Å². The van der Waals surface area contributed by atoms with Crippen LogP contribution in [0.2, 0.25) is 0 Å². The van der Waals surface area contributed by atoms with Crippen molar-refractivity contribution >= 4 is 31.2 Å². The fourth-order valence-electron chi connectivity index (χ4n) is 2.01. The minimum absolute atomic E-state index is 0.933. The molecule has 4 unspecified atom stereocenters. The summed E-state index contributed by atoms with van der Waals surface area (Å²) in [6.45, 7) is 0. The van der Waals surface area contributed by atoms with E-state index in [0.717, 1.165) is 35.5 Å². The Balaban J connectivity index is 3.00. The van der Waals surface area contributed by atoms with Gasteiger partial charge in [0.25, 0.3) is 0 Å². The molecule has 1 saturated heterocycles. The molecule has 0 aliphatic carbocycles. The Labute approximate surface area is 149 Å². The van der Waals surface area contributed by atoms with E-state index in [1.54, 1.807) is 0 Å². The van der Waals surface area contributed by atoms with Crippen LogP contribution in [-0.2, 0) is 56.8 Å². The molecule has 13 heteroatoms. The van der Waals surface area contributed by atoms with Gasteiger partial charge in [0.05, 0.1) is 28.4 Å². The minimum atomic E-state index is -1.70. The molecule has 146 valence electrons. The van der Waals surface area contributed by atoms with Gasteiger partial charge in [0.15, 0.2) is 24.4 Å². The Morgan fingerprint density at radius 2 is 1.15 bits per heavy atom. The molecule has 1 aliphatic rings. The summed E-state index contributed by atoms with van der Waals surface area (Å²) in [6.07, 6.45) is -6.20. The normalized spacial score (nSPS) is 21.5. The molecule has 4 atom stereocenters. The second-order valence-electron chi connectivity index (χ2n) is 4.71. The smallest absolute Gasteiger partial charge is 0.467 e. The predicted octanol–water partition coefficient (Wildman–Crippen LogP) is -2.15. The van der Waals surface area contributed by atoms with Gasteiger partial charge in [-0.25, -0.2) is 19.2 Å². The number of hydrogen-bond acceptors (Lipinski definition) is 12. The lowest BCUT2D eigenvalue weighted by Gasteiger charge is -2.23. The summed E-state index contributed by atoms with van der Waals surface area (Å²) in [5, 5.41) is 0. The summed E-state index contributed by atoms with van der Waals surface area (Å²) in [6, 6.07) is 0. The molecule has 1 aliphatic heterocycles. The molecule has 0 aromatic heterocycles. The van der Waals surface area contributed by atoms with Crippen molar-refractivity contribution in [3.63, 3.8) is 0 Å². The molecule has 0 spiro atoms. The van der Waals surface area contributed by atoms with E-state index in [2.05, 4.69) is 18.9 Å². The number of rotatable bonds is 8. The van der Waals surface area contributed by atoms with Crippen LogP contribution in [-0.4, -0.2) is 91.2 Å². The average Bonchev–Trinajstić information content (AvgIpc) is 3.09. The molecule has 0 bridgehead atoms. The van der Waals surface area contributed by atoms with Gasteiger partial charge in [0.2, 0.25) is 0 Å². The molecule has 12 nitrogen and oxygen atoms in total. The summed E-state index contributed by atoms with van der Waals surface area (Å²) in [5.41, 5.74) is 0. The Morgan fingerprint density at radius 3 is 1.50 bits per heavy atom. The number of carbonyl (C=O) groups excluding carboxylic acids is 4. The zero-order chi connectivity index (χ0) is 19.9. The van der Waals surface area contributed by atoms with E-state index in [1.165, 1.54) is 0 Å². The molecule has 0 aromatic carbocycles. The monoisotopic (exact) mass is 378 g/mol. The van der Waals surface area contributed by atoms with Gasteiger partial charge in [-0.05, 0) is 0 Å². The molecular weight excluding hydrogens is 359 g/mol. The first-order chi connectivity index (χ1) is 12.3. The second-order valence-corrected chi connectivity index (χ2v) is 4.71. The lowest BCUT2D eigenvalue weighted by Crippen LogP contribution is -2.47. The second kappa shape index (κ2) is 10.1. The van der Waals surface area contributed by atoms with Crippen molar-refractivity contribution in [1.82, 2.24) is 0 Å². The third-order valence-corrected chi connectivity index (χ3v) is 3.31. The fourth-order valence-corrected chi connectivity index (χ4v) is 2.01. The zero-order valence-corrected chi connectivity index (χ0v) is 14.8. The fraction of sp³-hybridized carbons (Fsp3) is 0.692. The Bertz CT molecular complexity index is 513. The van der Waals surface area contributed by atoms with Crippen LogP contribution in [0.5, 0.6) is 0 Å². The third kappa shape index (κ3) is 4.91. The van der Waals surface area contributed by atoms with Crippen LogP contribution in [0.3, 0.4) is 0 Å². The molecular formula is C13H19BO12. The molecule has 26 heavy (non-hydrogen) atoms. The average molecular weight is 378 g/mol. The SMILES string of the molecule is COC(=O)C(OC)C(OB1OC(C(=O)OC)C(C(=O)OC)O1)C(=O)OC. The van der Waals surface area contributed by atoms with Gasteiger partial charge in [0, 0.05) is 7.11 Å². The topological polar surface area (TPSA) is 142 Å². The number of hydrogen-bond donors (Lipinski definition) is 0. The predicted molar refractivity (Wildman–Crippen MR) is 79.2 cm³/mol. The highest BCUT2D eigenvalue weighted by Crippen LogP contribution is 2.22. The van der Waals surface area contributed by atoms with E-state index in [4.69, 9.17) is 18.7 Å².